The van der Waals surface area contributed by atoms with Crippen molar-refractivity contribution in [2.24, 2.45) is 0 Å². The highest BCUT2D eigenvalue weighted by Gasteiger charge is 2.25. The average molecular weight is 266 g/mol. The number of para-hydroxylation sites is 2. The summed E-state index contributed by atoms with van der Waals surface area (Å²) in [5, 5.41) is 0. The van der Waals surface area contributed by atoms with E-state index in [2.05, 4.69) is 78.4 Å². The lowest BCUT2D eigenvalue weighted by atomic mass is 10.0. The van der Waals surface area contributed by atoms with Crippen molar-refractivity contribution in [1.82, 2.24) is 0 Å². The average Bonchev–Trinajstić information content (AvgIpc) is 2.52. The van der Waals surface area contributed by atoms with E-state index in [4.69, 9.17) is 0 Å². The third-order valence-corrected chi connectivity index (χ3v) is 4.23. The molecule has 1 aliphatic rings. The minimum Gasteiger partial charge on any atom is -0.371 e. The molecule has 20 heavy (non-hydrogen) atoms. The number of rotatable bonds is 3. The monoisotopic (exact) mass is 266 g/mol. The topological polar surface area (TPSA) is 6.48 Å². The second-order valence-corrected chi connectivity index (χ2v) is 5.44. The SMILES string of the molecule is CCC(c1ccccc1)N1CCN(C)c2ccccc21. The molecule has 0 bridgehead atoms. The van der Waals surface area contributed by atoms with Crippen molar-refractivity contribution in [3.8, 4) is 0 Å². The van der Waals surface area contributed by atoms with E-state index in [-0.39, 0.29) is 0 Å². The van der Waals surface area contributed by atoms with E-state index in [1.165, 1.54) is 16.9 Å². The van der Waals surface area contributed by atoms with Gasteiger partial charge in [0, 0.05) is 20.1 Å². The van der Waals surface area contributed by atoms with Gasteiger partial charge in [-0.15, -0.1) is 0 Å². The normalized spacial score (nSPS) is 15.9. The van der Waals surface area contributed by atoms with Crippen LogP contribution in [0.25, 0.3) is 0 Å². The highest BCUT2D eigenvalue weighted by atomic mass is 15.3. The van der Waals surface area contributed by atoms with Crippen molar-refractivity contribution in [3.63, 3.8) is 0 Å². The van der Waals surface area contributed by atoms with Crippen LogP contribution in [0.3, 0.4) is 0 Å². The maximum absolute atomic E-state index is 2.56. The fourth-order valence-electron chi connectivity index (χ4n) is 3.16. The van der Waals surface area contributed by atoms with Gasteiger partial charge >= 0.3 is 0 Å². The van der Waals surface area contributed by atoms with E-state index < -0.39 is 0 Å². The maximum Gasteiger partial charge on any atom is 0.0609 e. The van der Waals surface area contributed by atoms with Crippen molar-refractivity contribution >= 4 is 11.4 Å². The zero-order chi connectivity index (χ0) is 13.9. The van der Waals surface area contributed by atoms with Crippen molar-refractivity contribution < 1.29 is 0 Å². The third-order valence-electron chi connectivity index (χ3n) is 4.23. The Hall–Kier alpha value is -1.96. The second kappa shape index (κ2) is 5.58. The third kappa shape index (κ3) is 2.26. The predicted octanol–water partition coefficient (Wildman–Crippen LogP) is 4.09. The van der Waals surface area contributed by atoms with Gasteiger partial charge in [-0.1, -0.05) is 49.4 Å². The zero-order valence-electron chi connectivity index (χ0n) is 12.3. The van der Waals surface area contributed by atoms with Crippen molar-refractivity contribution in [2.75, 3.05) is 29.9 Å². The van der Waals surface area contributed by atoms with Crippen molar-refractivity contribution in [3.05, 3.63) is 60.2 Å². The fraction of sp³-hybridized carbons (Fsp3) is 0.333. The van der Waals surface area contributed by atoms with Crippen LogP contribution in [-0.2, 0) is 0 Å². The minimum atomic E-state index is 0.464. The Labute approximate surface area is 121 Å². The van der Waals surface area contributed by atoms with Gasteiger partial charge in [0.25, 0.3) is 0 Å². The van der Waals surface area contributed by atoms with Gasteiger partial charge in [-0.05, 0) is 24.1 Å². The van der Waals surface area contributed by atoms with Crippen LogP contribution in [0, 0.1) is 0 Å². The lowest BCUT2D eigenvalue weighted by Crippen LogP contribution is -2.41. The van der Waals surface area contributed by atoms with Crippen molar-refractivity contribution in [1.29, 1.82) is 0 Å². The molecule has 2 aromatic carbocycles. The van der Waals surface area contributed by atoms with Gasteiger partial charge in [0.15, 0.2) is 0 Å². The van der Waals surface area contributed by atoms with Crippen LogP contribution in [0.5, 0.6) is 0 Å². The molecule has 1 heterocycles. The molecule has 0 amide bonds. The Morgan fingerprint density at radius 1 is 0.900 bits per heavy atom. The summed E-state index contributed by atoms with van der Waals surface area (Å²) in [7, 11) is 2.18. The Kier molecular flexibility index (Phi) is 3.64. The molecule has 104 valence electrons. The fourth-order valence-corrected chi connectivity index (χ4v) is 3.16. The summed E-state index contributed by atoms with van der Waals surface area (Å²) in [5.74, 6) is 0. The van der Waals surface area contributed by atoms with Crippen LogP contribution < -0.4 is 9.80 Å². The molecule has 2 nitrogen and oxygen atoms in total. The van der Waals surface area contributed by atoms with Crippen LogP contribution in [0.15, 0.2) is 54.6 Å². The van der Waals surface area contributed by atoms with Crippen LogP contribution in [0.2, 0.25) is 0 Å². The molecule has 0 spiro atoms. The first-order valence-electron chi connectivity index (χ1n) is 7.43. The molecular formula is C18H22N2. The van der Waals surface area contributed by atoms with Gasteiger partial charge in [0.2, 0.25) is 0 Å². The Balaban J connectivity index is 2.00. The summed E-state index contributed by atoms with van der Waals surface area (Å²) in [6.07, 6.45) is 1.13. The van der Waals surface area contributed by atoms with Crippen LogP contribution in [0.4, 0.5) is 11.4 Å². The second-order valence-electron chi connectivity index (χ2n) is 5.44. The maximum atomic E-state index is 2.56. The zero-order valence-corrected chi connectivity index (χ0v) is 12.3. The molecule has 0 aromatic heterocycles. The molecular weight excluding hydrogens is 244 g/mol. The molecule has 0 N–H and O–H groups in total. The Morgan fingerprint density at radius 3 is 2.25 bits per heavy atom. The summed E-state index contributed by atoms with van der Waals surface area (Å²) < 4.78 is 0. The van der Waals surface area contributed by atoms with Crippen LogP contribution >= 0.6 is 0 Å². The molecule has 0 fully saturated rings. The molecule has 0 saturated carbocycles. The van der Waals surface area contributed by atoms with E-state index in [1.807, 2.05) is 0 Å². The number of anilines is 2. The van der Waals surface area contributed by atoms with E-state index in [0.29, 0.717) is 6.04 Å². The Morgan fingerprint density at radius 2 is 1.55 bits per heavy atom. The number of nitrogens with zero attached hydrogens (tertiary/aromatic N) is 2. The molecule has 3 rings (SSSR count). The summed E-state index contributed by atoms with van der Waals surface area (Å²) in [4.78, 5) is 4.91. The van der Waals surface area contributed by atoms with Gasteiger partial charge in [-0.3, -0.25) is 0 Å². The number of likely N-dealkylation sites (N-methyl/N-ethyl adjacent to an activating group) is 1. The number of benzene rings is 2. The Bertz CT molecular complexity index is 565. The molecule has 0 radical (unpaired) electrons. The van der Waals surface area contributed by atoms with Crippen LogP contribution in [0.1, 0.15) is 24.9 Å². The predicted molar refractivity (Wildman–Crippen MR) is 86.5 cm³/mol. The van der Waals surface area contributed by atoms with E-state index in [9.17, 15) is 0 Å². The first-order chi connectivity index (χ1) is 9.81. The standard InChI is InChI=1S/C18H22N2/c1-3-16(15-9-5-4-6-10-15)20-14-13-19(2)17-11-7-8-12-18(17)20/h4-12,16H,3,13-14H2,1-2H3. The van der Waals surface area contributed by atoms with E-state index in [1.54, 1.807) is 0 Å². The summed E-state index contributed by atoms with van der Waals surface area (Å²) in [6, 6.07) is 20.1. The highest BCUT2D eigenvalue weighted by Crippen LogP contribution is 2.38. The molecule has 0 aliphatic carbocycles. The summed E-state index contributed by atoms with van der Waals surface area (Å²) in [6.45, 7) is 4.44. The molecule has 2 heteroatoms. The lowest BCUT2D eigenvalue weighted by molar-refractivity contribution is 0.588. The quantitative estimate of drug-likeness (QED) is 0.825. The van der Waals surface area contributed by atoms with Crippen molar-refractivity contribution in [2.45, 2.75) is 19.4 Å². The molecule has 2 aromatic rings. The van der Waals surface area contributed by atoms with Gasteiger partial charge in [0.05, 0.1) is 17.4 Å². The molecule has 1 aliphatic heterocycles. The van der Waals surface area contributed by atoms with Gasteiger partial charge < -0.3 is 9.80 Å². The number of fused-ring (bicyclic) bond motifs is 1. The number of hydrogen-bond donors (Lipinski definition) is 0. The first kappa shape index (κ1) is 13.0. The van der Waals surface area contributed by atoms with Gasteiger partial charge in [-0.25, -0.2) is 0 Å². The molecule has 0 saturated heterocycles. The van der Waals surface area contributed by atoms with E-state index in [0.717, 1.165) is 19.5 Å². The smallest absolute Gasteiger partial charge is 0.0609 e. The highest BCUT2D eigenvalue weighted by molar-refractivity contribution is 5.73. The van der Waals surface area contributed by atoms with Crippen LogP contribution in [-0.4, -0.2) is 20.1 Å². The van der Waals surface area contributed by atoms with Gasteiger partial charge in [-0.2, -0.15) is 0 Å². The number of hydrogen-bond acceptors (Lipinski definition) is 2. The minimum absolute atomic E-state index is 0.464. The summed E-state index contributed by atoms with van der Waals surface area (Å²) in [5.41, 5.74) is 4.11. The molecule has 1 unspecified atom stereocenters. The van der Waals surface area contributed by atoms with Gasteiger partial charge in [0.1, 0.15) is 0 Å². The first-order valence-corrected chi connectivity index (χ1v) is 7.43. The lowest BCUT2D eigenvalue weighted by Gasteiger charge is -2.41. The van der Waals surface area contributed by atoms with E-state index >= 15 is 0 Å². The summed E-state index contributed by atoms with van der Waals surface area (Å²) >= 11 is 0. The molecule has 1 atom stereocenters. The largest absolute Gasteiger partial charge is 0.371 e.